The van der Waals surface area contributed by atoms with Gasteiger partial charge in [-0.3, -0.25) is 19.1 Å². The molecule has 0 aliphatic rings. The summed E-state index contributed by atoms with van der Waals surface area (Å²) in [7, 11) is 1.49. The van der Waals surface area contributed by atoms with Gasteiger partial charge in [0.15, 0.2) is 4.77 Å². The lowest BCUT2D eigenvalue weighted by atomic mass is 10.2. The fourth-order valence-corrected chi connectivity index (χ4v) is 2.53. The van der Waals surface area contributed by atoms with Crippen LogP contribution in [0.15, 0.2) is 34.2 Å². The van der Waals surface area contributed by atoms with Gasteiger partial charge in [-0.2, -0.15) is 5.10 Å². The maximum absolute atomic E-state index is 12.1. The van der Waals surface area contributed by atoms with E-state index in [1.165, 1.54) is 11.7 Å². The summed E-state index contributed by atoms with van der Waals surface area (Å²) >= 11 is 5.16. The highest BCUT2D eigenvalue weighted by Gasteiger charge is 2.15. The number of aromatic hydroxyl groups is 1. The van der Waals surface area contributed by atoms with E-state index in [9.17, 15) is 14.7 Å². The van der Waals surface area contributed by atoms with E-state index < -0.39 is 11.4 Å². The van der Waals surface area contributed by atoms with Gasteiger partial charge >= 0.3 is 0 Å². The minimum Gasteiger partial charge on any atom is -0.495 e. The molecule has 3 N–H and O–H groups in total. The second kappa shape index (κ2) is 8.95. The molecule has 0 bridgehead atoms. The van der Waals surface area contributed by atoms with Crippen LogP contribution in [0.3, 0.4) is 0 Å². The van der Waals surface area contributed by atoms with Gasteiger partial charge in [0.2, 0.25) is 11.8 Å². The van der Waals surface area contributed by atoms with Crippen LogP contribution in [0.5, 0.6) is 11.6 Å². The molecule has 0 aliphatic heterocycles. The third-order valence-electron chi connectivity index (χ3n) is 3.59. The van der Waals surface area contributed by atoms with E-state index in [1.54, 1.807) is 24.3 Å². The van der Waals surface area contributed by atoms with Gasteiger partial charge in [-0.1, -0.05) is 25.5 Å². The Morgan fingerprint density at radius 3 is 2.88 bits per heavy atom. The summed E-state index contributed by atoms with van der Waals surface area (Å²) in [6.45, 7) is 1.97. The average molecular weight is 376 g/mol. The molecule has 0 saturated heterocycles. The number of para-hydroxylation sites is 2. The number of aromatic amines is 1. The molecule has 26 heavy (non-hydrogen) atoms. The van der Waals surface area contributed by atoms with Crippen LogP contribution in [0.25, 0.3) is 5.69 Å². The van der Waals surface area contributed by atoms with E-state index in [0.29, 0.717) is 17.9 Å². The van der Waals surface area contributed by atoms with Gasteiger partial charge in [-0.05, 0) is 30.8 Å². The third kappa shape index (κ3) is 4.37. The lowest BCUT2D eigenvalue weighted by Gasteiger charge is -2.14. The van der Waals surface area contributed by atoms with Crippen LogP contribution in [-0.4, -0.2) is 33.9 Å². The van der Waals surface area contributed by atoms with Crippen LogP contribution in [0.4, 0.5) is 0 Å². The van der Waals surface area contributed by atoms with Crippen molar-refractivity contribution < 1.29 is 14.6 Å². The number of hydrogen-bond donors (Lipinski definition) is 3. The zero-order valence-electron chi connectivity index (χ0n) is 14.5. The second-order valence-corrected chi connectivity index (χ2v) is 5.79. The van der Waals surface area contributed by atoms with E-state index in [4.69, 9.17) is 17.0 Å². The largest absolute Gasteiger partial charge is 0.495 e. The molecule has 0 aliphatic carbocycles. The molecule has 138 valence electrons. The molecule has 0 radical (unpaired) electrons. The number of methoxy groups -OCH3 is 1. The summed E-state index contributed by atoms with van der Waals surface area (Å²) < 4.78 is 6.53. The maximum Gasteiger partial charge on any atom is 0.264 e. The average Bonchev–Trinajstić information content (AvgIpc) is 2.62. The van der Waals surface area contributed by atoms with Gasteiger partial charge in [-0.25, -0.2) is 5.43 Å². The lowest BCUT2D eigenvalue weighted by Crippen LogP contribution is -2.21. The van der Waals surface area contributed by atoms with Crippen molar-refractivity contribution in [2.75, 3.05) is 7.11 Å². The molecular formula is C17H20N4O4S. The second-order valence-electron chi connectivity index (χ2n) is 5.40. The number of benzene rings is 1. The minimum atomic E-state index is -0.620. The molecule has 9 heteroatoms. The number of amides is 1. The minimum absolute atomic E-state index is 0.00105. The van der Waals surface area contributed by atoms with Crippen molar-refractivity contribution in [1.29, 1.82) is 0 Å². The van der Waals surface area contributed by atoms with E-state index in [1.807, 2.05) is 6.92 Å². The molecule has 0 spiro atoms. The standard InChI is InChI=1S/C17H20N4O4S/c1-3-4-9-14(22)20-18-10-11-15(23)19-17(26)21(16(11)24)12-7-5-6-8-13(12)25-2/h5-8,10,24H,3-4,9H2,1-2H3,(H,20,22)(H,19,23,26)/b18-10+. The number of aromatic nitrogens is 2. The van der Waals surface area contributed by atoms with Crippen molar-refractivity contribution >= 4 is 24.3 Å². The van der Waals surface area contributed by atoms with Gasteiger partial charge in [0.1, 0.15) is 11.3 Å². The monoisotopic (exact) mass is 376 g/mol. The Bertz CT molecular complexity index is 933. The number of carbonyl (C=O) groups excluding carboxylic acids is 1. The number of rotatable bonds is 7. The normalized spacial score (nSPS) is 10.8. The van der Waals surface area contributed by atoms with Gasteiger partial charge in [-0.15, -0.1) is 0 Å². The summed E-state index contributed by atoms with van der Waals surface area (Å²) in [4.78, 5) is 26.2. The van der Waals surface area contributed by atoms with E-state index in [2.05, 4.69) is 15.5 Å². The van der Waals surface area contributed by atoms with Crippen LogP contribution in [-0.2, 0) is 4.79 Å². The van der Waals surface area contributed by atoms with Crippen LogP contribution in [0.1, 0.15) is 31.7 Å². The summed E-state index contributed by atoms with van der Waals surface area (Å²) in [5.74, 6) is -0.215. The zero-order chi connectivity index (χ0) is 19.1. The number of H-pyrrole nitrogens is 1. The maximum atomic E-state index is 12.1. The zero-order valence-corrected chi connectivity index (χ0v) is 15.3. The quantitative estimate of drug-likeness (QED) is 0.390. The summed E-state index contributed by atoms with van der Waals surface area (Å²) in [6, 6.07) is 6.89. The number of hydrazone groups is 1. The number of nitrogens with one attached hydrogen (secondary N) is 2. The third-order valence-corrected chi connectivity index (χ3v) is 3.87. The first-order valence-corrected chi connectivity index (χ1v) is 8.44. The number of hydrogen-bond acceptors (Lipinski definition) is 6. The van der Waals surface area contributed by atoms with Gasteiger partial charge in [0.25, 0.3) is 5.56 Å². The van der Waals surface area contributed by atoms with Crippen molar-refractivity contribution in [2.24, 2.45) is 5.10 Å². The molecule has 0 fully saturated rings. The van der Waals surface area contributed by atoms with Crippen LogP contribution >= 0.6 is 12.2 Å². The fourth-order valence-electron chi connectivity index (χ4n) is 2.25. The van der Waals surface area contributed by atoms with E-state index >= 15 is 0 Å². The van der Waals surface area contributed by atoms with Crippen molar-refractivity contribution in [3.8, 4) is 17.3 Å². The Balaban J connectivity index is 2.42. The predicted octanol–water partition coefficient (Wildman–Crippen LogP) is 2.25. The van der Waals surface area contributed by atoms with Crippen molar-refractivity contribution in [3.05, 3.63) is 45.0 Å². The lowest BCUT2D eigenvalue weighted by molar-refractivity contribution is -0.121. The number of carbonyl (C=O) groups is 1. The smallest absolute Gasteiger partial charge is 0.264 e. The molecule has 2 aromatic rings. The van der Waals surface area contributed by atoms with E-state index in [0.717, 1.165) is 19.1 Å². The van der Waals surface area contributed by atoms with Gasteiger partial charge in [0.05, 0.1) is 19.0 Å². The Hall–Kier alpha value is -2.94. The molecule has 0 atom stereocenters. The van der Waals surface area contributed by atoms with Gasteiger partial charge < -0.3 is 9.84 Å². The van der Waals surface area contributed by atoms with Crippen molar-refractivity contribution in [2.45, 2.75) is 26.2 Å². The fraction of sp³-hybridized carbons (Fsp3) is 0.294. The van der Waals surface area contributed by atoms with Gasteiger partial charge in [0, 0.05) is 6.42 Å². The Morgan fingerprint density at radius 1 is 1.46 bits per heavy atom. The van der Waals surface area contributed by atoms with Crippen LogP contribution in [0, 0.1) is 4.77 Å². The highest BCUT2D eigenvalue weighted by Crippen LogP contribution is 2.26. The molecule has 0 saturated carbocycles. The van der Waals surface area contributed by atoms with Crippen molar-refractivity contribution in [1.82, 2.24) is 15.0 Å². The molecule has 8 nitrogen and oxygen atoms in total. The summed E-state index contributed by atoms with van der Waals surface area (Å²) in [5, 5.41) is 14.3. The number of ether oxygens (including phenoxy) is 1. The predicted molar refractivity (Wildman–Crippen MR) is 101 cm³/mol. The summed E-state index contributed by atoms with van der Waals surface area (Å²) in [5.41, 5.74) is 2.02. The highest BCUT2D eigenvalue weighted by atomic mass is 32.1. The number of unbranched alkanes of at least 4 members (excludes halogenated alkanes) is 1. The summed E-state index contributed by atoms with van der Waals surface area (Å²) in [6.07, 6.45) is 3.05. The highest BCUT2D eigenvalue weighted by molar-refractivity contribution is 7.71. The molecule has 1 aromatic heterocycles. The number of nitrogens with zero attached hydrogens (tertiary/aromatic N) is 2. The Kier molecular flexibility index (Phi) is 6.67. The first kappa shape index (κ1) is 19.4. The molecule has 1 amide bonds. The van der Waals surface area contributed by atoms with Crippen molar-refractivity contribution in [3.63, 3.8) is 0 Å². The molecule has 0 unspecified atom stereocenters. The molecule has 2 rings (SSSR count). The Morgan fingerprint density at radius 2 is 2.19 bits per heavy atom. The first-order valence-electron chi connectivity index (χ1n) is 8.03. The topological polar surface area (TPSA) is 109 Å². The Labute approximate surface area is 155 Å². The van der Waals surface area contributed by atoms with Crippen LogP contribution < -0.4 is 15.7 Å². The SMILES string of the molecule is CCCCC(=O)N/N=C/c1c(O)n(-c2ccccc2OC)c(=S)[nH]c1=O. The first-order chi connectivity index (χ1) is 12.5. The molecule has 1 heterocycles. The molecular weight excluding hydrogens is 356 g/mol. The molecule has 1 aromatic carbocycles. The van der Waals surface area contributed by atoms with E-state index in [-0.39, 0.29) is 16.2 Å². The van der Waals surface area contributed by atoms with Crippen LogP contribution in [0.2, 0.25) is 0 Å².